The van der Waals surface area contributed by atoms with E-state index in [2.05, 4.69) is 63.8 Å². The number of hydrogen-bond donors (Lipinski definition) is 3. The highest BCUT2D eigenvalue weighted by Gasteiger charge is 2.41. The van der Waals surface area contributed by atoms with Crippen molar-refractivity contribution < 1.29 is 0 Å². The van der Waals surface area contributed by atoms with Crippen LogP contribution in [0.4, 0.5) is 0 Å². The molecule has 0 spiro atoms. The molecule has 0 radical (unpaired) electrons. The maximum Gasteiger partial charge on any atom is 0.122 e. The molecule has 2 rings (SSSR count). The predicted molar refractivity (Wildman–Crippen MR) is 130 cm³/mol. The third-order valence-corrected chi connectivity index (χ3v) is 8.91. The number of nitrogen functional groups attached to an aromatic ring is 1. The van der Waals surface area contributed by atoms with E-state index in [0.29, 0.717) is 16.2 Å². The van der Waals surface area contributed by atoms with Crippen molar-refractivity contribution in [1.29, 1.82) is 5.41 Å². The summed E-state index contributed by atoms with van der Waals surface area (Å²) < 4.78 is 0.476. The molecule has 0 amide bonds. The van der Waals surface area contributed by atoms with Crippen LogP contribution in [0.25, 0.3) is 0 Å². The first-order chi connectivity index (χ1) is 13.7. The minimum atomic E-state index is 0.149. The van der Waals surface area contributed by atoms with Gasteiger partial charge in [0.05, 0.1) is 0 Å². The van der Waals surface area contributed by atoms with Gasteiger partial charge >= 0.3 is 0 Å². The third kappa shape index (κ3) is 6.75. The number of nitrogens with one attached hydrogen (secondary N) is 2. The Morgan fingerprint density at radius 3 is 2.41 bits per heavy atom. The summed E-state index contributed by atoms with van der Waals surface area (Å²) in [5, 5.41) is 12.1. The second kappa shape index (κ2) is 10.9. The van der Waals surface area contributed by atoms with Crippen LogP contribution in [0.2, 0.25) is 0 Å². The fraction of sp³-hybridized carbons (Fsp3) is 0.720. The Bertz CT molecular complexity index is 630. The zero-order valence-corrected chi connectivity index (χ0v) is 20.1. The van der Waals surface area contributed by atoms with Gasteiger partial charge in [0.2, 0.25) is 0 Å². The van der Waals surface area contributed by atoms with Crippen LogP contribution in [0.1, 0.15) is 90.7 Å². The highest BCUT2D eigenvalue weighted by atomic mass is 32.2. The van der Waals surface area contributed by atoms with Crippen molar-refractivity contribution in [3.8, 4) is 0 Å². The lowest BCUT2D eigenvalue weighted by molar-refractivity contribution is 0.181. The summed E-state index contributed by atoms with van der Waals surface area (Å²) in [7, 11) is 0. The highest BCUT2D eigenvalue weighted by molar-refractivity contribution is 8.02. The van der Waals surface area contributed by atoms with E-state index in [9.17, 15) is 0 Å². The Morgan fingerprint density at radius 2 is 1.90 bits per heavy atom. The Hall–Kier alpha value is -1.00. The molecular weight excluding hydrogens is 374 g/mol. The first kappa shape index (κ1) is 24.3. The molecule has 1 aliphatic rings. The van der Waals surface area contributed by atoms with Crippen molar-refractivity contribution in [1.82, 2.24) is 5.32 Å². The monoisotopic (exact) mass is 417 g/mol. The lowest BCUT2D eigenvalue weighted by atomic mass is 9.74. The van der Waals surface area contributed by atoms with Gasteiger partial charge in [0, 0.05) is 21.6 Å². The molecule has 1 aromatic rings. The summed E-state index contributed by atoms with van der Waals surface area (Å²) in [5.74, 6) is 0.149. The maximum absolute atomic E-state index is 7.48. The van der Waals surface area contributed by atoms with Crippen molar-refractivity contribution in [3.05, 3.63) is 35.4 Å². The average Bonchev–Trinajstić information content (AvgIpc) is 2.69. The standard InChI is InChI=1S/C25H43N3S/c1-6-24(4,7-2)22(28-8-3)16-17-25(5)18-21(29-25)11-9-10-19-12-14-20(15-13-19)23(26)27/h12-15,21-22,28H,6-11,16-18H2,1-5H3,(H3,26,27). The summed E-state index contributed by atoms with van der Waals surface area (Å²) in [6, 6.07) is 8.81. The van der Waals surface area contributed by atoms with Gasteiger partial charge in [-0.2, -0.15) is 11.8 Å². The summed E-state index contributed by atoms with van der Waals surface area (Å²) in [5.41, 5.74) is 8.12. The van der Waals surface area contributed by atoms with Crippen molar-refractivity contribution in [2.45, 2.75) is 102 Å². The first-order valence-electron chi connectivity index (χ1n) is 11.6. The molecule has 4 heteroatoms. The molecule has 1 heterocycles. The molecule has 0 aromatic heterocycles. The molecule has 3 unspecified atom stereocenters. The minimum Gasteiger partial charge on any atom is -0.384 e. The maximum atomic E-state index is 7.48. The van der Waals surface area contributed by atoms with E-state index in [1.807, 2.05) is 12.1 Å². The molecule has 1 saturated heterocycles. The van der Waals surface area contributed by atoms with Crippen molar-refractivity contribution in [2.24, 2.45) is 11.1 Å². The van der Waals surface area contributed by atoms with E-state index in [4.69, 9.17) is 11.1 Å². The molecule has 1 aliphatic heterocycles. The van der Waals surface area contributed by atoms with Gasteiger partial charge in [0.25, 0.3) is 0 Å². The van der Waals surface area contributed by atoms with Crippen LogP contribution in [-0.2, 0) is 6.42 Å². The van der Waals surface area contributed by atoms with E-state index in [0.717, 1.165) is 23.8 Å². The molecule has 0 saturated carbocycles. The molecule has 29 heavy (non-hydrogen) atoms. The molecule has 4 N–H and O–H groups in total. The molecule has 3 atom stereocenters. The number of aryl methyl sites for hydroxylation is 1. The summed E-state index contributed by atoms with van der Waals surface area (Å²) >= 11 is 2.23. The van der Waals surface area contributed by atoms with E-state index < -0.39 is 0 Å². The molecule has 164 valence electrons. The van der Waals surface area contributed by atoms with Crippen LogP contribution in [0, 0.1) is 10.8 Å². The zero-order valence-electron chi connectivity index (χ0n) is 19.3. The van der Waals surface area contributed by atoms with Gasteiger partial charge in [-0.15, -0.1) is 0 Å². The van der Waals surface area contributed by atoms with Crippen molar-refractivity contribution in [3.63, 3.8) is 0 Å². The van der Waals surface area contributed by atoms with E-state index in [1.165, 1.54) is 50.5 Å². The second-order valence-corrected chi connectivity index (χ2v) is 11.3. The molecule has 1 fully saturated rings. The lowest BCUT2D eigenvalue weighted by Crippen LogP contribution is -2.46. The Morgan fingerprint density at radius 1 is 1.28 bits per heavy atom. The van der Waals surface area contributed by atoms with E-state index in [-0.39, 0.29) is 5.84 Å². The summed E-state index contributed by atoms with van der Waals surface area (Å²) in [6.07, 6.45) is 10.2. The highest BCUT2D eigenvalue weighted by Crippen LogP contribution is 2.52. The summed E-state index contributed by atoms with van der Waals surface area (Å²) in [6.45, 7) is 12.9. The van der Waals surface area contributed by atoms with Gasteiger partial charge in [-0.05, 0) is 68.9 Å². The van der Waals surface area contributed by atoms with Gasteiger partial charge in [-0.25, -0.2) is 0 Å². The molecular formula is C25H43N3S. The predicted octanol–water partition coefficient (Wildman–Crippen LogP) is 6.14. The Labute approximate surface area is 183 Å². The number of nitrogens with two attached hydrogens (primary N) is 1. The van der Waals surface area contributed by atoms with Crippen molar-refractivity contribution in [2.75, 3.05) is 6.54 Å². The van der Waals surface area contributed by atoms with Crippen LogP contribution >= 0.6 is 11.8 Å². The minimum absolute atomic E-state index is 0.149. The summed E-state index contributed by atoms with van der Waals surface area (Å²) in [4.78, 5) is 0. The average molecular weight is 418 g/mol. The topological polar surface area (TPSA) is 61.9 Å². The number of hydrogen-bond acceptors (Lipinski definition) is 3. The van der Waals surface area contributed by atoms with Gasteiger partial charge < -0.3 is 11.1 Å². The number of thioether (sulfide) groups is 1. The number of rotatable bonds is 13. The fourth-order valence-corrected chi connectivity index (χ4v) is 6.49. The fourth-order valence-electron chi connectivity index (χ4n) is 4.72. The van der Waals surface area contributed by atoms with Crippen LogP contribution in [0.5, 0.6) is 0 Å². The number of amidine groups is 1. The van der Waals surface area contributed by atoms with Crippen LogP contribution in [0.3, 0.4) is 0 Å². The van der Waals surface area contributed by atoms with E-state index in [1.54, 1.807) is 0 Å². The van der Waals surface area contributed by atoms with E-state index >= 15 is 0 Å². The third-order valence-electron chi connectivity index (χ3n) is 7.24. The lowest BCUT2D eigenvalue weighted by Gasteiger charge is -2.47. The zero-order chi connectivity index (χ0) is 21.5. The molecule has 3 nitrogen and oxygen atoms in total. The van der Waals surface area contributed by atoms with Gasteiger partial charge in [0.15, 0.2) is 0 Å². The normalized spacial score (nSPS) is 22.9. The Balaban J connectivity index is 1.72. The van der Waals surface area contributed by atoms with Gasteiger partial charge in [-0.3, -0.25) is 5.41 Å². The quantitative estimate of drug-likeness (QED) is 0.267. The SMILES string of the molecule is CCNC(CCC1(C)CC(CCCc2ccc(C(=N)N)cc2)S1)C(C)(CC)CC. The Kier molecular flexibility index (Phi) is 9.09. The first-order valence-corrected chi connectivity index (χ1v) is 12.5. The smallest absolute Gasteiger partial charge is 0.122 e. The van der Waals surface area contributed by atoms with Crippen molar-refractivity contribution >= 4 is 17.6 Å². The van der Waals surface area contributed by atoms with Crippen LogP contribution in [0.15, 0.2) is 24.3 Å². The van der Waals surface area contributed by atoms with Gasteiger partial charge in [0.1, 0.15) is 5.84 Å². The molecule has 0 bridgehead atoms. The largest absolute Gasteiger partial charge is 0.384 e. The van der Waals surface area contributed by atoms with Gasteiger partial charge in [-0.1, -0.05) is 58.9 Å². The van der Waals surface area contributed by atoms with Crippen LogP contribution < -0.4 is 11.1 Å². The number of benzene rings is 1. The second-order valence-electron chi connectivity index (χ2n) is 9.41. The van der Waals surface area contributed by atoms with Crippen LogP contribution in [-0.4, -0.2) is 28.4 Å². The molecule has 0 aliphatic carbocycles. The molecule has 1 aromatic carbocycles.